The summed E-state index contributed by atoms with van der Waals surface area (Å²) in [5.41, 5.74) is 4.21. The number of ether oxygens (including phenoxy) is 1. The number of hydrogen-bond acceptors (Lipinski definition) is 4. The van der Waals surface area contributed by atoms with Crippen LogP contribution in [0.1, 0.15) is 5.56 Å². The molecule has 108 valence electrons. The van der Waals surface area contributed by atoms with Gasteiger partial charge in [-0.2, -0.15) is 0 Å². The van der Waals surface area contributed by atoms with Crippen molar-refractivity contribution in [3.05, 3.63) is 48.3 Å². The van der Waals surface area contributed by atoms with Gasteiger partial charge in [0.05, 0.1) is 7.11 Å². The van der Waals surface area contributed by atoms with Gasteiger partial charge in [0, 0.05) is 35.5 Å². The second-order valence-electron chi connectivity index (χ2n) is 4.79. The molecule has 0 aliphatic carbocycles. The molecule has 2 aromatic heterocycles. The highest BCUT2D eigenvalue weighted by Crippen LogP contribution is 2.27. The first-order valence-electron chi connectivity index (χ1n) is 6.82. The third-order valence-electron chi connectivity index (χ3n) is 3.38. The van der Waals surface area contributed by atoms with E-state index in [9.17, 15) is 0 Å². The fourth-order valence-electron chi connectivity index (χ4n) is 2.40. The number of hydrogen-bond donors (Lipinski definition) is 3. The van der Waals surface area contributed by atoms with Crippen LogP contribution in [0.25, 0.3) is 10.9 Å². The molecule has 3 rings (SSSR count). The molecule has 0 bridgehead atoms. The number of H-pyrrole nitrogens is 1. The first-order chi connectivity index (χ1) is 10.3. The van der Waals surface area contributed by atoms with E-state index in [2.05, 4.69) is 38.8 Å². The van der Waals surface area contributed by atoms with Crippen molar-refractivity contribution in [3.63, 3.8) is 0 Å². The number of nitrogens with zero attached hydrogens (tertiary/aromatic N) is 1. The van der Waals surface area contributed by atoms with Gasteiger partial charge in [0.1, 0.15) is 5.69 Å². The fraction of sp³-hybridized carbons (Fsp3) is 0.188. The minimum absolute atomic E-state index is 0.583. The van der Waals surface area contributed by atoms with Gasteiger partial charge in [-0.3, -0.25) is 0 Å². The lowest BCUT2D eigenvalue weighted by Crippen LogP contribution is -2.03. The number of aromatic nitrogens is 2. The molecule has 2 heterocycles. The van der Waals surface area contributed by atoms with Gasteiger partial charge >= 0.3 is 0 Å². The molecule has 0 radical (unpaired) electrons. The van der Waals surface area contributed by atoms with Crippen molar-refractivity contribution in [1.82, 2.24) is 15.3 Å². The summed E-state index contributed by atoms with van der Waals surface area (Å²) in [4.78, 5) is 7.48. The summed E-state index contributed by atoms with van der Waals surface area (Å²) in [6.07, 6.45) is 3.75. The van der Waals surface area contributed by atoms with Gasteiger partial charge in [-0.25, -0.2) is 4.98 Å². The Balaban J connectivity index is 1.91. The number of pyridine rings is 1. The molecule has 5 heteroatoms. The molecule has 0 aliphatic heterocycles. The van der Waals surface area contributed by atoms with Gasteiger partial charge in [-0.1, -0.05) is 6.07 Å². The summed E-state index contributed by atoms with van der Waals surface area (Å²) in [6, 6.07) is 10.1. The maximum atomic E-state index is 5.25. The molecule has 0 unspecified atom stereocenters. The lowest BCUT2D eigenvalue weighted by molar-refractivity contribution is 0.400. The van der Waals surface area contributed by atoms with Crippen LogP contribution >= 0.6 is 0 Å². The summed E-state index contributed by atoms with van der Waals surface area (Å²) >= 11 is 0. The minimum Gasteiger partial charge on any atom is -0.480 e. The molecule has 0 aliphatic rings. The quantitative estimate of drug-likeness (QED) is 0.673. The monoisotopic (exact) mass is 282 g/mol. The van der Waals surface area contributed by atoms with Crippen molar-refractivity contribution < 1.29 is 4.74 Å². The molecule has 1 aromatic carbocycles. The van der Waals surface area contributed by atoms with Gasteiger partial charge in [0.25, 0.3) is 0 Å². The molecule has 0 saturated heterocycles. The predicted octanol–water partition coefficient (Wildman–Crippen LogP) is 3.03. The maximum Gasteiger partial charge on any atom is 0.237 e. The van der Waals surface area contributed by atoms with Crippen molar-refractivity contribution in [2.24, 2.45) is 0 Å². The van der Waals surface area contributed by atoms with Crippen LogP contribution in [0.2, 0.25) is 0 Å². The lowest BCUT2D eigenvalue weighted by Gasteiger charge is -2.10. The van der Waals surface area contributed by atoms with Crippen LogP contribution in [0.15, 0.2) is 42.7 Å². The molecule has 0 amide bonds. The molecule has 5 nitrogen and oxygen atoms in total. The van der Waals surface area contributed by atoms with E-state index in [0.29, 0.717) is 5.88 Å². The van der Waals surface area contributed by atoms with Crippen molar-refractivity contribution >= 4 is 22.3 Å². The van der Waals surface area contributed by atoms with Gasteiger partial charge in [-0.05, 0) is 36.9 Å². The maximum absolute atomic E-state index is 5.25. The highest BCUT2D eigenvalue weighted by atomic mass is 16.5. The third kappa shape index (κ3) is 2.68. The average Bonchev–Trinajstić information content (AvgIpc) is 2.91. The van der Waals surface area contributed by atoms with Crippen molar-refractivity contribution in [2.75, 3.05) is 19.5 Å². The molecule has 3 N–H and O–H groups in total. The van der Waals surface area contributed by atoms with Crippen LogP contribution in [0.4, 0.5) is 11.4 Å². The molecular weight excluding hydrogens is 264 g/mol. The number of rotatable bonds is 5. The molecule has 0 atom stereocenters. The van der Waals surface area contributed by atoms with E-state index in [1.54, 1.807) is 13.3 Å². The number of anilines is 2. The Labute approximate surface area is 123 Å². The molecular formula is C16H18N4O. The first-order valence-corrected chi connectivity index (χ1v) is 6.82. The molecule has 0 saturated carbocycles. The van der Waals surface area contributed by atoms with E-state index >= 15 is 0 Å². The second-order valence-corrected chi connectivity index (χ2v) is 4.79. The van der Waals surface area contributed by atoms with E-state index in [4.69, 9.17) is 4.74 Å². The number of aromatic amines is 1. The van der Waals surface area contributed by atoms with Crippen LogP contribution in [0.5, 0.6) is 5.88 Å². The van der Waals surface area contributed by atoms with Crippen LogP contribution in [0.3, 0.4) is 0 Å². The van der Waals surface area contributed by atoms with E-state index in [0.717, 1.165) is 23.4 Å². The summed E-state index contributed by atoms with van der Waals surface area (Å²) < 4.78 is 5.25. The van der Waals surface area contributed by atoms with Gasteiger partial charge in [0.15, 0.2) is 0 Å². The Bertz CT molecular complexity index is 751. The normalized spacial score (nSPS) is 10.8. The average molecular weight is 282 g/mol. The summed E-state index contributed by atoms with van der Waals surface area (Å²) in [6.45, 7) is 0.850. The number of fused-ring (bicyclic) bond motifs is 1. The molecule has 0 spiro atoms. The minimum atomic E-state index is 0.583. The molecule has 21 heavy (non-hydrogen) atoms. The van der Waals surface area contributed by atoms with Crippen LogP contribution in [-0.2, 0) is 6.54 Å². The van der Waals surface area contributed by atoms with E-state index in [1.165, 1.54) is 10.9 Å². The van der Waals surface area contributed by atoms with Gasteiger partial charge in [-0.15, -0.1) is 0 Å². The Morgan fingerprint density at radius 3 is 3.00 bits per heavy atom. The van der Waals surface area contributed by atoms with E-state index in [1.807, 2.05) is 25.4 Å². The zero-order valence-electron chi connectivity index (χ0n) is 12.1. The van der Waals surface area contributed by atoms with Crippen LogP contribution in [-0.4, -0.2) is 24.1 Å². The third-order valence-corrected chi connectivity index (χ3v) is 3.38. The topological polar surface area (TPSA) is 62.0 Å². The summed E-state index contributed by atoms with van der Waals surface area (Å²) in [7, 11) is 3.56. The zero-order chi connectivity index (χ0) is 14.7. The fourth-order valence-corrected chi connectivity index (χ4v) is 2.40. The highest BCUT2D eigenvalue weighted by Gasteiger charge is 2.06. The number of methoxy groups -OCH3 is 1. The standard InChI is InChI=1S/C16H18N4O/c1-17-9-11-10-19-15-8-12(5-6-13(11)15)20-14-4-3-7-18-16(14)21-2/h3-8,10,17,19-20H,9H2,1-2H3. The zero-order valence-corrected chi connectivity index (χ0v) is 12.1. The van der Waals surface area contributed by atoms with Crippen molar-refractivity contribution in [2.45, 2.75) is 6.54 Å². The van der Waals surface area contributed by atoms with E-state index in [-0.39, 0.29) is 0 Å². The van der Waals surface area contributed by atoms with Crippen LogP contribution < -0.4 is 15.4 Å². The van der Waals surface area contributed by atoms with Gasteiger partial charge < -0.3 is 20.4 Å². The highest BCUT2D eigenvalue weighted by molar-refractivity contribution is 5.87. The Morgan fingerprint density at radius 1 is 1.29 bits per heavy atom. The largest absolute Gasteiger partial charge is 0.480 e. The summed E-state index contributed by atoms with van der Waals surface area (Å²) in [5, 5.41) is 7.73. The first kappa shape index (κ1) is 13.5. The number of nitrogens with one attached hydrogen (secondary N) is 3. The van der Waals surface area contributed by atoms with Gasteiger partial charge in [0.2, 0.25) is 5.88 Å². The number of benzene rings is 1. The Hall–Kier alpha value is -2.53. The lowest BCUT2D eigenvalue weighted by atomic mass is 10.1. The van der Waals surface area contributed by atoms with E-state index < -0.39 is 0 Å². The van der Waals surface area contributed by atoms with Crippen molar-refractivity contribution in [1.29, 1.82) is 0 Å². The van der Waals surface area contributed by atoms with Crippen molar-refractivity contribution in [3.8, 4) is 5.88 Å². The summed E-state index contributed by atoms with van der Waals surface area (Å²) in [5.74, 6) is 0.583. The molecule has 0 fully saturated rings. The Kier molecular flexibility index (Phi) is 3.75. The Morgan fingerprint density at radius 2 is 2.19 bits per heavy atom. The van der Waals surface area contributed by atoms with Crippen LogP contribution in [0, 0.1) is 0 Å². The predicted molar refractivity (Wildman–Crippen MR) is 85.1 cm³/mol. The second kappa shape index (κ2) is 5.85. The SMILES string of the molecule is CNCc1c[nH]c2cc(Nc3cccnc3OC)ccc12. The smallest absolute Gasteiger partial charge is 0.237 e. The molecule has 3 aromatic rings.